The minimum Gasteiger partial charge on any atom is -0.507 e. The summed E-state index contributed by atoms with van der Waals surface area (Å²) < 4.78 is 19.2. The molecule has 2 fully saturated rings. The number of halogens is 1. The molecule has 1 amide bonds. The van der Waals surface area contributed by atoms with Crippen molar-refractivity contribution in [3.8, 4) is 0 Å². The van der Waals surface area contributed by atoms with E-state index in [0.717, 1.165) is 32.1 Å². The summed E-state index contributed by atoms with van der Waals surface area (Å²) in [7, 11) is 0. The van der Waals surface area contributed by atoms with Gasteiger partial charge in [-0.3, -0.25) is 9.59 Å². The van der Waals surface area contributed by atoms with Crippen LogP contribution in [0.1, 0.15) is 55.0 Å². The second-order valence-corrected chi connectivity index (χ2v) is 7.48. The lowest BCUT2D eigenvalue weighted by molar-refractivity contribution is -0.142. The SMILES string of the molecule is Cc1cc(/C(O)=C2/C(=O)C(=O)N(C3CCCCC3)C2c2ccco2)ccc1F. The maximum Gasteiger partial charge on any atom is 0.296 e. The van der Waals surface area contributed by atoms with Gasteiger partial charge in [-0.15, -0.1) is 0 Å². The Balaban J connectivity index is 1.85. The van der Waals surface area contributed by atoms with Gasteiger partial charge in [0.1, 0.15) is 23.4 Å². The van der Waals surface area contributed by atoms with Crippen LogP contribution >= 0.6 is 0 Å². The van der Waals surface area contributed by atoms with E-state index in [0.29, 0.717) is 16.9 Å². The van der Waals surface area contributed by atoms with E-state index in [4.69, 9.17) is 4.42 Å². The number of furan rings is 1. The molecule has 4 rings (SSSR count). The van der Waals surface area contributed by atoms with E-state index in [2.05, 4.69) is 0 Å². The largest absolute Gasteiger partial charge is 0.507 e. The summed E-state index contributed by atoms with van der Waals surface area (Å²) in [5.41, 5.74) is 0.647. The third-order valence-corrected chi connectivity index (χ3v) is 5.69. The first-order valence-electron chi connectivity index (χ1n) is 9.59. The summed E-state index contributed by atoms with van der Waals surface area (Å²) in [6.45, 7) is 1.58. The van der Waals surface area contributed by atoms with Crippen LogP contribution in [-0.2, 0) is 9.59 Å². The second-order valence-electron chi connectivity index (χ2n) is 7.48. The molecule has 146 valence electrons. The number of carbonyl (C=O) groups is 2. The molecule has 2 heterocycles. The molecule has 1 unspecified atom stereocenters. The van der Waals surface area contributed by atoms with Crippen LogP contribution in [0.4, 0.5) is 4.39 Å². The van der Waals surface area contributed by atoms with Crippen molar-refractivity contribution in [3.63, 3.8) is 0 Å². The molecule has 1 aromatic heterocycles. The predicted octanol–water partition coefficient (Wildman–Crippen LogP) is 4.48. The summed E-state index contributed by atoms with van der Waals surface area (Å²) in [4.78, 5) is 27.4. The van der Waals surface area contributed by atoms with Crippen LogP contribution in [0.5, 0.6) is 0 Å². The van der Waals surface area contributed by atoms with Crippen molar-refractivity contribution < 1.29 is 23.5 Å². The molecule has 1 N–H and O–H groups in total. The number of benzene rings is 1. The van der Waals surface area contributed by atoms with Crippen molar-refractivity contribution in [2.24, 2.45) is 0 Å². The van der Waals surface area contributed by atoms with Gasteiger partial charge in [-0.05, 0) is 55.7 Å². The number of carbonyl (C=O) groups excluding carboxylic acids is 2. The molecule has 28 heavy (non-hydrogen) atoms. The van der Waals surface area contributed by atoms with Gasteiger partial charge in [0.15, 0.2) is 0 Å². The Morgan fingerprint density at radius 3 is 2.57 bits per heavy atom. The van der Waals surface area contributed by atoms with Crippen LogP contribution in [0.3, 0.4) is 0 Å². The number of aliphatic hydroxyl groups is 1. The molecule has 1 aromatic carbocycles. The van der Waals surface area contributed by atoms with E-state index in [1.54, 1.807) is 24.0 Å². The van der Waals surface area contributed by atoms with Gasteiger partial charge >= 0.3 is 0 Å². The lowest BCUT2D eigenvalue weighted by Crippen LogP contribution is -2.40. The summed E-state index contributed by atoms with van der Waals surface area (Å²) in [6, 6.07) is 6.67. The lowest BCUT2D eigenvalue weighted by Gasteiger charge is -2.34. The Kier molecular flexibility index (Phi) is 4.79. The van der Waals surface area contributed by atoms with E-state index < -0.39 is 23.5 Å². The molecule has 0 spiro atoms. The van der Waals surface area contributed by atoms with E-state index >= 15 is 0 Å². The van der Waals surface area contributed by atoms with Crippen LogP contribution in [0.15, 0.2) is 46.6 Å². The highest BCUT2D eigenvalue weighted by Crippen LogP contribution is 2.43. The van der Waals surface area contributed by atoms with Crippen LogP contribution in [0.2, 0.25) is 0 Å². The van der Waals surface area contributed by atoms with Gasteiger partial charge in [0.05, 0.1) is 11.8 Å². The minimum atomic E-state index is -0.775. The van der Waals surface area contributed by atoms with Crippen LogP contribution in [0.25, 0.3) is 5.76 Å². The minimum absolute atomic E-state index is 0.00321. The zero-order valence-corrected chi connectivity index (χ0v) is 15.7. The Morgan fingerprint density at radius 2 is 1.93 bits per heavy atom. The standard InChI is InChI=1S/C22H22FNO4/c1-13-12-14(9-10-16(13)23)20(25)18-19(17-8-5-11-28-17)24(22(27)21(18)26)15-6-3-2-4-7-15/h5,8-12,15,19,25H,2-4,6-7H2,1H3/b20-18-. The number of Topliss-reactive ketones (excluding diaryl/α,β-unsaturated/α-hetero) is 1. The van der Waals surface area contributed by atoms with Gasteiger partial charge in [-0.1, -0.05) is 19.3 Å². The van der Waals surface area contributed by atoms with E-state index in [1.165, 1.54) is 24.5 Å². The third-order valence-electron chi connectivity index (χ3n) is 5.69. The zero-order valence-electron chi connectivity index (χ0n) is 15.7. The first-order chi connectivity index (χ1) is 13.5. The normalized spacial score (nSPS) is 22.8. The highest BCUT2D eigenvalue weighted by atomic mass is 19.1. The topological polar surface area (TPSA) is 70.8 Å². The van der Waals surface area contributed by atoms with Gasteiger partial charge < -0.3 is 14.4 Å². The van der Waals surface area contributed by atoms with E-state index in [9.17, 15) is 19.1 Å². The molecule has 6 heteroatoms. The molecule has 0 bridgehead atoms. The van der Waals surface area contributed by atoms with Crippen molar-refractivity contribution in [1.82, 2.24) is 4.90 Å². The molecule has 1 saturated carbocycles. The lowest BCUT2D eigenvalue weighted by atomic mass is 9.92. The fourth-order valence-electron chi connectivity index (χ4n) is 4.26. The number of rotatable bonds is 3. The smallest absolute Gasteiger partial charge is 0.296 e. The average molecular weight is 383 g/mol. The maximum atomic E-state index is 13.6. The molecular formula is C22H22FNO4. The predicted molar refractivity (Wildman–Crippen MR) is 101 cm³/mol. The Labute approximate surface area is 162 Å². The average Bonchev–Trinajstić information content (AvgIpc) is 3.31. The Hall–Kier alpha value is -2.89. The highest BCUT2D eigenvalue weighted by molar-refractivity contribution is 6.46. The number of aryl methyl sites for hydroxylation is 1. The zero-order chi connectivity index (χ0) is 19.8. The molecule has 2 aliphatic rings. The number of hydrogen-bond acceptors (Lipinski definition) is 4. The van der Waals surface area contributed by atoms with Crippen molar-refractivity contribution in [2.75, 3.05) is 0 Å². The summed E-state index contributed by atoms with van der Waals surface area (Å²) in [5.74, 6) is -1.62. The van der Waals surface area contributed by atoms with Gasteiger partial charge in [0.2, 0.25) is 0 Å². The fourth-order valence-corrected chi connectivity index (χ4v) is 4.26. The summed E-state index contributed by atoms with van der Waals surface area (Å²) >= 11 is 0. The summed E-state index contributed by atoms with van der Waals surface area (Å²) in [6.07, 6.45) is 6.23. The number of likely N-dealkylation sites (tertiary alicyclic amines) is 1. The molecule has 2 aromatic rings. The number of hydrogen-bond donors (Lipinski definition) is 1. The number of amides is 1. The first-order valence-corrected chi connectivity index (χ1v) is 9.59. The van der Waals surface area contributed by atoms with Gasteiger partial charge in [-0.2, -0.15) is 0 Å². The quantitative estimate of drug-likeness (QED) is 0.482. The molecule has 1 atom stereocenters. The number of nitrogens with zero attached hydrogens (tertiary/aromatic N) is 1. The maximum absolute atomic E-state index is 13.6. The fraction of sp³-hybridized carbons (Fsp3) is 0.364. The number of aliphatic hydroxyl groups excluding tert-OH is 1. The molecule has 5 nitrogen and oxygen atoms in total. The van der Waals surface area contributed by atoms with Crippen molar-refractivity contribution in [1.29, 1.82) is 0 Å². The first kappa shape index (κ1) is 18.5. The van der Waals surface area contributed by atoms with Crippen LogP contribution in [0, 0.1) is 12.7 Å². The van der Waals surface area contributed by atoms with Crippen LogP contribution < -0.4 is 0 Å². The van der Waals surface area contributed by atoms with Gasteiger partial charge in [0.25, 0.3) is 11.7 Å². The van der Waals surface area contributed by atoms with Crippen molar-refractivity contribution in [2.45, 2.75) is 51.1 Å². The third kappa shape index (κ3) is 3.03. The van der Waals surface area contributed by atoms with Gasteiger partial charge in [0, 0.05) is 11.6 Å². The van der Waals surface area contributed by atoms with Crippen LogP contribution in [-0.4, -0.2) is 27.7 Å². The van der Waals surface area contributed by atoms with E-state index in [1.807, 2.05) is 0 Å². The second kappa shape index (κ2) is 7.26. The molecular weight excluding hydrogens is 361 g/mol. The monoisotopic (exact) mass is 383 g/mol. The van der Waals surface area contributed by atoms with Gasteiger partial charge in [-0.25, -0.2) is 4.39 Å². The molecule has 1 aliphatic heterocycles. The van der Waals surface area contributed by atoms with Crippen molar-refractivity contribution >= 4 is 17.4 Å². The Morgan fingerprint density at radius 1 is 1.18 bits per heavy atom. The Bertz CT molecular complexity index is 941. The number of ketones is 1. The molecule has 1 saturated heterocycles. The summed E-state index contributed by atoms with van der Waals surface area (Å²) in [5, 5.41) is 10.9. The highest BCUT2D eigenvalue weighted by Gasteiger charge is 2.50. The molecule has 1 aliphatic carbocycles. The van der Waals surface area contributed by atoms with Crippen molar-refractivity contribution in [3.05, 3.63) is 64.9 Å². The van der Waals surface area contributed by atoms with E-state index in [-0.39, 0.29) is 17.4 Å². The molecule has 0 radical (unpaired) electrons.